The van der Waals surface area contributed by atoms with Crippen molar-refractivity contribution < 1.29 is 17.9 Å². The van der Waals surface area contributed by atoms with Gasteiger partial charge in [0.15, 0.2) is 0 Å². The summed E-state index contributed by atoms with van der Waals surface area (Å²) in [6, 6.07) is 10.1. The zero-order valence-corrected chi connectivity index (χ0v) is 16.6. The summed E-state index contributed by atoms with van der Waals surface area (Å²) < 4.78 is 33.7. The highest BCUT2D eigenvalue weighted by Gasteiger charge is 2.22. The Morgan fingerprint density at radius 3 is 2.63 bits per heavy atom. The number of rotatable bonds is 6. The summed E-state index contributed by atoms with van der Waals surface area (Å²) in [5.41, 5.74) is 3.04. The van der Waals surface area contributed by atoms with Gasteiger partial charge in [-0.25, -0.2) is 8.42 Å². The largest absolute Gasteiger partial charge is 0.493 e. The van der Waals surface area contributed by atoms with Crippen LogP contribution in [0.4, 0.5) is 11.4 Å². The second-order valence-corrected chi connectivity index (χ2v) is 8.36. The van der Waals surface area contributed by atoms with Crippen molar-refractivity contribution in [2.75, 3.05) is 23.3 Å². The summed E-state index contributed by atoms with van der Waals surface area (Å²) in [6.45, 7) is 4.44. The Labute approximate surface area is 160 Å². The molecule has 0 bridgehead atoms. The smallest absolute Gasteiger partial charge is 0.261 e. The molecule has 7 heteroatoms. The van der Waals surface area contributed by atoms with E-state index in [4.69, 9.17) is 4.74 Å². The number of nitrogens with one attached hydrogen (secondary N) is 1. The van der Waals surface area contributed by atoms with Gasteiger partial charge in [-0.2, -0.15) is 0 Å². The normalized spacial score (nSPS) is 14.0. The Kier molecular flexibility index (Phi) is 5.41. The minimum absolute atomic E-state index is 0.0664. The van der Waals surface area contributed by atoms with E-state index in [9.17, 15) is 13.2 Å². The van der Waals surface area contributed by atoms with E-state index in [-0.39, 0.29) is 10.8 Å². The van der Waals surface area contributed by atoms with E-state index >= 15 is 0 Å². The van der Waals surface area contributed by atoms with Crippen molar-refractivity contribution in [3.63, 3.8) is 0 Å². The summed E-state index contributed by atoms with van der Waals surface area (Å²) in [4.78, 5) is 13.6. The Bertz CT molecular complexity index is 970. The van der Waals surface area contributed by atoms with Gasteiger partial charge in [-0.05, 0) is 67.3 Å². The maximum atomic E-state index is 12.7. The molecule has 3 rings (SSSR count). The van der Waals surface area contributed by atoms with Gasteiger partial charge in [0.1, 0.15) is 5.75 Å². The lowest BCUT2D eigenvalue weighted by Crippen LogP contribution is -2.31. The van der Waals surface area contributed by atoms with Crippen LogP contribution in [0, 0.1) is 6.92 Å². The average Bonchev–Trinajstić information content (AvgIpc) is 2.63. The number of sulfonamides is 1. The van der Waals surface area contributed by atoms with Crippen LogP contribution in [0.2, 0.25) is 0 Å². The zero-order valence-electron chi connectivity index (χ0n) is 15.8. The first-order chi connectivity index (χ1) is 12.8. The van der Waals surface area contributed by atoms with Gasteiger partial charge < -0.3 is 9.64 Å². The number of anilines is 2. The van der Waals surface area contributed by atoms with E-state index in [2.05, 4.69) is 4.72 Å². The SMILES string of the molecule is CCCOc1ccc(S(=O)(=O)Nc2ccc3c(c2)CCC(=O)N3C)cc1C. The molecular weight excluding hydrogens is 364 g/mol. The van der Waals surface area contributed by atoms with Crippen molar-refractivity contribution in [2.45, 2.75) is 38.0 Å². The molecule has 1 aliphatic rings. The molecule has 144 valence electrons. The number of hydrogen-bond acceptors (Lipinski definition) is 4. The van der Waals surface area contributed by atoms with Gasteiger partial charge in [-0.15, -0.1) is 0 Å². The Morgan fingerprint density at radius 1 is 1.15 bits per heavy atom. The van der Waals surface area contributed by atoms with E-state index in [0.717, 1.165) is 23.2 Å². The lowest BCUT2D eigenvalue weighted by molar-refractivity contribution is -0.118. The van der Waals surface area contributed by atoms with Crippen LogP contribution in [-0.4, -0.2) is 28.0 Å². The fourth-order valence-electron chi connectivity index (χ4n) is 3.10. The Morgan fingerprint density at radius 2 is 1.93 bits per heavy atom. The van der Waals surface area contributed by atoms with Crippen molar-refractivity contribution in [3.8, 4) is 5.75 Å². The first-order valence-corrected chi connectivity index (χ1v) is 10.5. The van der Waals surface area contributed by atoms with Crippen molar-refractivity contribution in [1.82, 2.24) is 0 Å². The van der Waals surface area contributed by atoms with E-state index in [1.165, 1.54) is 0 Å². The van der Waals surface area contributed by atoms with Gasteiger partial charge >= 0.3 is 0 Å². The lowest BCUT2D eigenvalue weighted by atomic mass is 10.0. The monoisotopic (exact) mass is 388 g/mol. The molecule has 0 aliphatic carbocycles. The molecule has 0 unspecified atom stereocenters. The lowest BCUT2D eigenvalue weighted by Gasteiger charge is -2.26. The van der Waals surface area contributed by atoms with Crippen LogP contribution in [-0.2, 0) is 21.2 Å². The van der Waals surface area contributed by atoms with Crippen molar-refractivity contribution in [3.05, 3.63) is 47.5 Å². The maximum absolute atomic E-state index is 12.7. The Balaban J connectivity index is 1.83. The molecule has 2 aromatic carbocycles. The molecule has 1 amide bonds. The molecule has 1 N–H and O–H groups in total. The quantitative estimate of drug-likeness (QED) is 0.822. The van der Waals surface area contributed by atoms with Gasteiger partial charge in [0.2, 0.25) is 5.91 Å². The summed E-state index contributed by atoms with van der Waals surface area (Å²) in [7, 11) is -1.98. The van der Waals surface area contributed by atoms with Crippen LogP contribution in [0.25, 0.3) is 0 Å². The minimum atomic E-state index is -3.71. The molecular formula is C20H24N2O4S. The highest BCUT2D eigenvalue weighted by molar-refractivity contribution is 7.92. The molecule has 0 spiro atoms. The van der Waals surface area contributed by atoms with Crippen LogP contribution < -0.4 is 14.4 Å². The number of carbonyl (C=O) groups excluding carboxylic acids is 1. The first kappa shape index (κ1) is 19.2. The number of hydrogen-bond donors (Lipinski definition) is 1. The van der Waals surface area contributed by atoms with Gasteiger partial charge in [-0.3, -0.25) is 9.52 Å². The molecule has 0 atom stereocenters. The number of benzene rings is 2. The molecule has 2 aromatic rings. The summed E-state index contributed by atoms with van der Waals surface area (Å²) >= 11 is 0. The minimum Gasteiger partial charge on any atom is -0.493 e. The molecule has 1 heterocycles. The highest BCUT2D eigenvalue weighted by atomic mass is 32.2. The van der Waals surface area contributed by atoms with Crippen LogP contribution in [0.15, 0.2) is 41.3 Å². The predicted octanol–water partition coefficient (Wildman–Crippen LogP) is 3.49. The van der Waals surface area contributed by atoms with Crippen LogP contribution >= 0.6 is 0 Å². The van der Waals surface area contributed by atoms with Crippen molar-refractivity contribution >= 4 is 27.3 Å². The molecule has 0 radical (unpaired) electrons. The third kappa shape index (κ3) is 4.08. The van der Waals surface area contributed by atoms with Gasteiger partial charge in [0.25, 0.3) is 10.0 Å². The van der Waals surface area contributed by atoms with E-state index in [0.29, 0.717) is 30.9 Å². The van der Waals surface area contributed by atoms with Gasteiger partial charge in [0.05, 0.1) is 11.5 Å². The molecule has 0 saturated carbocycles. The van der Waals surface area contributed by atoms with Crippen molar-refractivity contribution in [2.24, 2.45) is 0 Å². The van der Waals surface area contributed by atoms with E-state index in [1.54, 1.807) is 48.3 Å². The Hall–Kier alpha value is -2.54. The standard InChI is InChI=1S/C20H24N2O4S/c1-4-11-26-19-9-7-17(12-14(19)2)27(24,25)21-16-6-8-18-15(13-16)5-10-20(23)22(18)3/h6-9,12-13,21H,4-5,10-11H2,1-3H3. The highest BCUT2D eigenvalue weighted by Crippen LogP contribution is 2.30. The fraction of sp³-hybridized carbons (Fsp3) is 0.350. The second-order valence-electron chi connectivity index (χ2n) is 6.68. The van der Waals surface area contributed by atoms with Crippen LogP contribution in [0.1, 0.15) is 30.9 Å². The molecule has 0 aromatic heterocycles. The summed E-state index contributed by atoms with van der Waals surface area (Å²) in [6.07, 6.45) is 1.93. The van der Waals surface area contributed by atoms with Crippen LogP contribution in [0.3, 0.4) is 0 Å². The molecule has 27 heavy (non-hydrogen) atoms. The number of nitrogens with zero attached hydrogens (tertiary/aromatic N) is 1. The molecule has 6 nitrogen and oxygen atoms in total. The maximum Gasteiger partial charge on any atom is 0.261 e. The zero-order chi connectivity index (χ0) is 19.6. The molecule has 1 aliphatic heterocycles. The number of aryl methyl sites for hydroxylation is 2. The summed E-state index contributed by atoms with van der Waals surface area (Å²) in [5.74, 6) is 0.758. The fourth-order valence-corrected chi connectivity index (χ4v) is 4.23. The van der Waals surface area contributed by atoms with Crippen molar-refractivity contribution in [1.29, 1.82) is 0 Å². The number of fused-ring (bicyclic) bond motifs is 1. The third-order valence-corrected chi connectivity index (χ3v) is 5.97. The van der Waals surface area contributed by atoms with Gasteiger partial charge in [-0.1, -0.05) is 6.92 Å². The summed E-state index contributed by atoms with van der Waals surface area (Å²) in [5, 5.41) is 0. The predicted molar refractivity (Wildman–Crippen MR) is 106 cm³/mol. The van der Waals surface area contributed by atoms with Crippen LogP contribution in [0.5, 0.6) is 5.75 Å². The van der Waals surface area contributed by atoms with E-state index in [1.807, 2.05) is 13.8 Å². The third-order valence-electron chi connectivity index (χ3n) is 4.59. The second kappa shape index (κ2) is 7.60. The van der Waals surface area contributed by atoms with Gasteiger partial charge in [0, 0.05) is 24.8 Å². The van der Waals surface area contributed by atoms with E-state index < -0.39 is 10.0 Å². The number of ether oxygens (including phenoxy) is 1. The number of amides is 1. The topological polar surface area (TPSA) is 75.7 Å². The average molecular weight is 388 g/mol. The first-order valence-electron chi connectivity index (χ1n) is 8.97. The molecule has 0 saturated heterocycles. The molecule has 0 fully saturated rings. The number of carbonyl (C=O) groups is 1.